The number of aromatic carboxylic acids is 1. The number of thioether (sulfide) groups is 1. The van der Waals surface area contributed by atoms with E-state index in [0.717, 1.165) is 20.8 Å². The summed E-state index contributed by atoms with van der Waals surface area (Å²) < 4.78 is 0.948. The maximum Gasteiger partial charge on any atom is 0.335 e. The van der Waals surface area contributed by atoms with Crippen LogP contribution >= 0.6 is 27.7 Å². The third-order valence-electron chi connectivity index (χ3n) is 2.26. The number of carboxylic acid groups (broad SMARTS) is 1. The Labute approximate surface area is 117 Å². The van der Waals surface area contributed by atoms with E-state index in [9.17, 15) is 4.79 Å². The summed E-state index contributed by atoms with van der Waals surface area (Å²) in [4.78, 5) is 16.0. The van der Waals surface area contributed by atoms with Crippen LogP contribution in [0.25, 0.3) is 0 Å². The van der Waals surface area contributed by atoms with Gasteiger partial charge in [0, 0.05) is 21.3 Å². The van der Waals surface area contributed by atoms with Crippen LogP contribution in [0.4, 0.5) is 0 Å². The van der Waals surface area contributed by atoms with Gasteiger partial charge in [-0.2, -0.15) is 0 Å². The van der Waals surface area contributed by atoms with Gasteiger partial charge in [-0.25, -0.2) is 4.79 Å². The van der Waals surface area contributed by atoms with E-state index in [4.69, 9.17) is 5.11 Å². The number of hydrogen-bond donors (Lipinski definition) is 1. The lowest BCUT2D eigenvalue weighted by molar-refractivity contribution is 0.0696. The first kappa shape index (κ1) is 13.1. The summed E-state index contributed by atoms with van der Waals surface area (Å²) in [5, 5.41) is 8.90. The summed E-state index contributed by atoms with van der Waals surface area (Å²) in [6, 6.07) is 10.8. The molecular formula is C13H10BrNO2S. The van der Waals surface area contributed by atoms with E-state index in [1.54, 1.807) is 36.2 Å². The number of nitrogens with zero attached hydrogens (tertiary/aromatic N) is 1. The molecule has 0 saturated carbocycles. The van der Waals surface area contributed by atoms with E-state index in [1.807, 2.05) is 18.2 Å². The highest BCUT2D eigenvalue weighted by molar-refractivity contribution is 9.10. The molecule has 2 aromatic rings. The molecule has 1 N–H and O–H groups in total. The van der Waals surface area contributed by atoms with Gasteiger partial charge in [0.1, 0.15) is 0 Å². The summed E-state index contributed by atoms with van der Waals surface area (Å²) in [7, 11) is 0. The normalized spacial score (nSPS) is 10.3. The lowest BCUT2D eigenvalue weighted by atomic mass is 10.2. The predicted molar refractivity (Wildman–Crippen MR) is 74.9 cm³/mol. The molecule has 0 fully saturated rings. The molecule has 1 aromatic carbocycles. The van der Waals surface area contributed by atoms with Crippen molar-refractivity contribution in [2.75, 3.05) is 0 Å². The lowest BCUT2D eigenvalue weighted by Crippen LogP contribution is -1.95. The molecule has 0 aliphatic heterocycles. The molecule has 0 saturated heterocycles. The number of carbonyl (C=O) groups is 1. The molecule has 0 aliphatic carbocycles. The minimum atomic E-state index is -0.904. The van der Waals surface area contributed by atoms with Crippen LogP contribution in [-0.2, 0) is 5.75 Å². The number of pyridine rings is 1. The van der Waals surface area contributed by atoms with Crippen LogP contribution in [0.2, 0.25) is 0 Å². The topological polar surface area (TPSA) is 50.2 Å². The number of halogens is 1. The third kappa shape index (κ3) is 3.58. The molecule has 0 amide bonds. The zero-order valence-electron chi connectivity index (χ0n) is 9.34. The first-order valence-electron chi connectivity index (χ1n) is 5.22. The van der Waals surface area contributed by atoms with Crippen molar-refractivity contribution in [2.45, 2.75) is 10.6 Å². The second-order valence-corrected chi connectivity index (χ2v) is 5.55. The quantitative estimate of drug-likeness (QED) is 0.868. The Morgan fingerprint density at radius 3 is 2.83 bits per heavy atom. The van der Waals surface area contributed by atoms with Crippen molar-refractivity contribution in [1.29, 1.82) is 0 Å². The predicted octanol–water partition coefficient (Wildman–Crippen LogP) is 3.83. The van der Waals surface area contributed by atoms with E-state index in [1.165, 1.54) is 0 Å². The monoisotopic (exact) mass is 323 g/mol. The molecule has 3 nitrogen and oxygen atoms in total. The number of hydrogen-bond acceptors (Lipinski definition) is 3. The van der Waals surface area contributed by atoms with Gasteiger partial charge in [0.15, 0.2) is 0 Å². The Hall–Kier alpha value is -1.33. The second-order valence-electron chi connectivity index (χ2n) is 3.59. The van der Waals surface area contributed by atoms with Crippen LogP contribution in [-0.4, -0.2) is 16.1 Å². The molecule has 0 aliphatic rings. The Bertz CT molecular complexity index is 557. The Morgan fingerprint density at radius 1 is 1.33 bits per heavy atom. The molecule has 0 spiro atoms. The SMILES string of the molecule is O=C(O)c1cccc(SCc2ccc(Br)cn2)c1. The van der Waals surface area contributed by atoms with Crippen molar-refractivity contribution in [3.05, 3.63) is 58.3 Å². The van der Waals surface area contributed by atoms with Gasteiger partial charge in [0.2, 0.25) is 0 Å². The Balaban J connectivity index is 2.04. The number of aromatic nitrogens is 1. The van der Waals surface area contributed by atoms with E-state index in [-0.39, 0.29) is 0 Å². The van der Waals surface area contributed by atoms with Gasteiger partial charge in [-0.3, -0.25) is 4.98 Å². The van der Waals surface area contributed by atoms with Crippen molar-refractivity contribution >= 4 is 33.7 Å². The van der Waals surface area contributed by atoms with Crippen LogP contribution < -0.4 is 0 Å². The van der Waals surface area contributed by atoms with Crippen LogP contribution in [0.15, 0.2) is 52.0 Å². The largest absolute Gasteiger partial charge is 0.478 e. The van der Waals surface area contributed by atoms with Gasteiger partial charge in [-0.15, -0.1) is 11.8 Å². The van der Waals surface area contributed by atoms with Crippen LogP contribution in [0.5, 0.6) is 0 Å². The molecular weight excluding hydrogens is 314 g/mol. The standard InChI is InChI=1S/C13H10BrNO2S/c14-10-4-5-11(15-7-10)8-18-12-3-1-2-9(6-12)13(16)17/h1-7H,8H2,(H,16,17). The molecule has 0 unspecified atom stereocenters. The Morgan fingerprint density at radius 2 is 2.17 bits per heavy atom. The third-order valence-corrected chi connectivity index (χ3v) is 3.75. The maximum absolute atomic E-state index is 10.8. The van der Waals surface area contributed by atoms with Gasteiger partial charge in [-0.1, -0.05) is 6.07 Å². The molecule has 0 radical (unpaired) electrons. The summed E-state index contributed by atoms with van der Waals surface area (Å²) >= 11 is 4.90. The number of rotatable bonds is 4. The Kier molecular flexibility index (Phi) is 4.38. The minimum Gasteiger partial charge on any atom is -0.478 e. The second kappa shape index (κ2) is 6.02. The minimum absolute atomic E-state index is 0.309. The van der Waals surface area contributed by atoms with Crippen molar-refractivity contribution < 1.29 is 9.90 Å². The fraction of sp³-hybridized carbons (Fsp3) is 0.0769. The fourth-order valence-electron chi connectivity index (χ4n) is 1.37. The fourth-order valence-corrected chi connectivity index (χ4v) is 2.47. The van der Waals surface area contributed by atoms with Crippen LogP contribution in [0.3, 0.4) is 0 Å². The summed E-state index contributed by atoms with van der Waals surface area (Å²) in [6.45, 7) is 0. The van der Waals surface area contributed by atoms with Crippen LogP contribution in [0.1, 0.15) is 16.1 Å². The van der Waals surface area contributed by atoms with Crippen molar-refractivity contribution in [1.82, 2.24) is 4.98 Å². The molecule has 5 heteroatoms. The van der Waals surface area contributed by atoms with Crippen molar-refractivity contribution in [3.8, 4) is 0 Å². The molecule has 1 heterocycles. The number of benzene rings is 1. The highest BCUT2D eigenvalue weighted by atomic mass is 79.9. The summed E-state index contributed by atoms with van der Waals surface area (Å²) in [5.41, 5.74) is 1.27. The van der Waals surface area contributed by atoms with Gasteiger partial charge in [0.25, 0.3) is 0 Å². The van der Waals surface area contributed by atoms with E-state index in [2.05, 4.69) is 20.9 Å². The summed E-state index contributed by atoms with van der Waals surface area (Å²) in [5.74, 6) is -0.185. The lowest BCUT2D eigenvalue weighted by Gasteiger charge is -2.02. The number of carboxylic acids is 1. The first-order valence-corrected chi connectivity index (χ1v) is 6.99. The smallest absolute Gasteiger partial charge is 0.335 e. The maximum atomic E-state index is 10.8. The van der Waals surface area contributed by atoms with E-state index >= 15 is 0 Å². The first-order chi connectivity index (χ1) is 8.65. The van der Waals surface area contributed by atoms with Gasteiger partial charge in [-0.05, 0) is 46.3 Å². The van der Waals surface area contributed by atoms with Crippen LogP contribution in [0, 0.1) is 0 Å². The average molecular weight is 324 g/mol. The van der Waals surface area contributed by atoms with E-state index < -0.39 is 5.97 Å². The van der Waals surface area contributed by atoms with Crippen molar-refractivity contribution in [3.63, 3.8) is 0 Å². The summed E-state index contributed by atoms with van der Waals surface area (Å²) in [6.07, 6.45) is 1.75. The molecule has 0 bridgehead atoms. The van der Waals surface area contributed by atoms with Crippen molar-refractivity contribution in [2.24, 2.45) is 0 Å². The van der Waals surface area contributed by atoms with Gasteiger partial charge >= 0.3 is 5.97 Å². The molecule has 92 valence electrons. The van der Waals surface area contributed by atoms with Gasteiger partial charge in [0.05, 0.1) is 11.3 Å². The molecule has 0 atom stereocenters. The zero-order valence-corrected chi connectivity index (χ0v) is 11.7. The highest BCUT2D eigenvalue weighted by Gasteiger charge is 2.04. The molecule has 2 rings (SSSR count). The highest BCUT2D eigenvalue weighted by Crippen LogP contribution is 2.23. The zero-order chi connectivity index (χ0) is 13.0. The molecule has 1 aromatic heterocycles. The molecule has 18 heavy (non-hydrogen) atoms. The van der Waals surface area contributed by atoms with E-state index in [0.29, 0.717) is 5.56 Å². The van der Waals surface area contributed by atoms with Gasteiger partial charge < -0.3 is 5.11 Å². The average Bonchev–Trinajstić information content (AvgIpc) is 2.38.